The maximum atomic E-state index is 13.7. The van der Waals surface area contributed by atoms with Crippen LogP contribution in [0.3, 0.4) is 0 Å². The molecule has 0 radical (unpaired) electrons. The van der Waals surface area contributed by atoms with E-state index in [0.717, 1.165) is 0 Å². The van der Waals surface area contributed by atoms with Crippen LogP contribution in [0, 0.1) is 0 Å². The van der Waals surface area contributed by atoms with E-state index < -0.39 is 12.1 Å². The van der Waals surface area contributed by atoms with Gasteiger partial charge in [-0.3, -0.25) is 4.68 Å². The molecule has 0 aliphatic carbocycles. The number of alkyl halides is 1. The number of hydrogen-bond donors (Lipinski definition) is 1. The van der Waals surface area contributed by atoms with Crippen molar-refractivity contribution in [2.45, 2.75) is 13.1 Å². The second kappa shape index (κ2) is 6.05. The summed E-state index contributed by atoms with van der Waals surface area (Å²) in [4.78, 5) is 11.1. The van der Waals surface area contributed by atoms with Gasteiger partial charge in [-0.15, -0.1) is 0 Å². The first-order valence-corrected chi connectivity index (χ1v) is 6.56. The van der Waals surface area contributed by atoms with Gasteiger partial charge in [0.15, 0.2) is 17.2 Å². The van der Waals surface area contributed by atoms with Crippen molar-refractivity contribution >= 4 is 5.97 Å². The van der Waals surface area contributed by atoms with Gasteiger partial charge >= 0.3 is 5.97 Å². The van der Waals surface area contributed by atoms with Crippen LogP contribution in [0.5, 0.6) is 11.5 Å². The molecule has 2 aromatic rings. The lowest BCUT2D eigenvalue weighted by atomic mass is 10.0. The van der Waals surface area contributed by atoms with Crippen LogP contribution in [0.25, 0.3) is 11.3 Å². The van der Waals surface area contributed by atoms with Gasteiger partial charge in [0.25, 0.3) is 0 Å². The summed E-state index contributed by atoms with van der Waals surface area (Å²) in [5.74, 6) is -0.368. The Morgan fingerprint density at radius 2 is 2.00 bits per heavy atom. The van der Waals surface area contributed by atoms with Gasteiger partial charge in [-0.05, 0) is 30.7 Å². The van der Waals surface area contributed by atoms with Crippen molar-refractivity contribution in [2.24, 2.45) is 7.05 Å². The average Bonchev–Trinajstić information content (AvgIpc) is 2.87. The van der Waals surface area contributed by atoms with Crippen molar-refractivity contribution in [2.75, 3.05) is 14.2 Å². The molecular weight excluding hydrogens is 291 g/mol. The maximum absolute atomic E-state index is 13.7. The standard InChI is InChI=1S/C15H17FN2O4/c1-8(16)9-5-10(14(22-4)13(6-9)21-3)12-7-11(15(19)20)17-18(12)2/h5-8H,1-4H3,(H,19,20). The number of methoxy groups -OCH3 is 2. The lowest BCUT2D eigenvalue weighted by molar-refractivity contribution is 0.0689. The average molecular weight is 308 g/mol. The van der Waals surface area contributed by atoms with E-state index in [4.69, 9.17) is 14.6 Å². The smallest absolute Gasteiger partial charge is 0.356 e. The van der Waals surface area contributed by atoms with Crippen LogP contribution >= 0.6 is 0 Å². The molecule has 0 saturated heterocycles. The molecule has 22 heavy (non-hydrogen) atoms. The molecule has 6 nitrogen and oxygen atoms in total. The van der Waals surface area contributed by atoms with Crippen molar-refractivity contribution < 1.29 is 23.8 Å². The summed E-state index contributed by atoms with van der Waals surface area (Å²) in [5, 5.41) is 13.0. The second-order valence-corrected chi connectivity index (χ2v) is 4.76. The summed E-state index contributed by atoms with van der Waals surface area (Å²) in [6.45, 7) is 1.41. The van der Waals surface area contributed by atoms with Gasteiger partial charge in [0.2, 0.25) is 0 Å². The Morgan fingerprint density at radius 3 is 2.45 bits per heavy atom. The Balaban J connectivity index is 2.72. The van der Waals surface area contributed by atoms with Crippen molar-refractivity contribution in [1.29, 1.82) is 0 Å². The summed E-state index contributed by atoms with van der Waals surface area (Å²) < 4.78 is 25.7. The number of aromatic nitrogens is 2. The normalized spacial score (nSPS) is 12.0. The number of ether oxygens (including phenoxy) is 2. The Bertz CT molecular complexity index is 710. The largest absolute Gasteiger partial charge is 0.493 e. The molecule has 1 atom stereocenters. The minimum Gasteiger partial charge on any atom is -0.493 e. The lowest BCUT2D eigenvalue weighted by Gasteiger charge is -2.15. The number of carboxylic acids is 1. The molecule has 0 saturated carbocycles. The lowest BCUT2D eigenvalue weighted by Crippen LogP contribution is -2.01. The van der Waals surface area contributed by atoms with Crippen LogP contribution < -0.4 is 9.47 Å². The molecule has 118 valence electrons. The van der Waals surface area contributed by atoms with E-state index in [-0.39, 0.29) is 5.69 Å². The Morgan fingerprint density at radius 1 is 1.32 bits per heavy atom. The first kappa shape index (κ1) is 15.8. The number of carboxylic acid groups (broad SMARTS) is 1. The van der Waals surface area contributed by atoms with Crippen LogP contribution in [0.2, 0.25) is 0 Å². The van der Waals surface area contributed by atoms with Crippen LogP contribution in [0.15, 0.2) is 18.2 Å². The van der Waals surface area contributed by atoms with Crippen molar-refractivity contribution in [1.82, 2.24) is 9.78 Å². The quantitative estimate of drug-likeness (QED) is 0.919. The molecule has 1 N–H and O–H groups in total. The highest BCUT2D eigenvalue weighted by molar-refractivity contribution is 5.87. The fraction of sp³-hybridized carbons (Fsp3) is 0.333. The van der Waals surface area contributed by atoms with Gasteiger partial charge in [0.1, 0.15) is 6.17 Å². The van der Waals surface area contributed by atoms with Gasteiger partial charge in [0.05, 0.1) is 19.9 Å². The summed E-state index contributed by atoms with van der Waals surface area (Å²) in [7, 11) is 4.54. The molecule has 1 aromatic carbocycles. The summed E-state index contributed by atoms with van der Waals surface area (Å²) in [5.41, 5.74) is 1.32. The van der Waals surface area contributed by atoms with Crippen molar-refractivity contribution in [3.8, 4) is 22.8 Å². The first-order chi connectivity index (χ1) is 10.4. The van der Waals surface area contributed by atoms with E-state index in [1.54, 1.807) is 19.2 Å². The topological polar surface area (TPSA) is 73.6 Å². The van der Waals surface area contributed by atoms with Crippen LogP contribution in [0.4, 0.5) is 4.39 Å². The number of benzene rings is 1. The molecule has 1 aromatic heterocycles. The number of hydrogen-bond acceptors (Lipinski definition) is 4. The number of aryl methyl sites for hydroxylation is 1. The summed E-state index contributed by atoms with van der Waals surface area (Å²) >= 11 is 0. The number of aromatic carboxylic acids is 1. The number of halogens is 1. The van der Waals surface area contributed by atoms with Crippen LogP contribution in [-0.2, 0) is 7.05 Å². The third-order valence-electron chi connectivity index (χ3n) is 3.34. The van der Waals surface area contributed by atoms with Crippen molar-refractivity contribution in [3.63, 3.8) is 0 Å². The predicted octanol–water partition coefficient (Wildman–Crippen LogP) is 2.83. The van der Waals surface area contributed by atoms with Gasteiger partial charge in [-0.1, -0.05) is 0 Å². The third-order valence-corrected chi connectivity index (χ3v) is 3.34. The van der Waals surface area contributed by atoms with E-state index in [0.29, 0.717) is 28.3 Å². The number of rotatable bonds is 5. The zero-order chi connectivity index (χ0) is 16.4. The van der Waals surface area contributed by atoms with Gasteiger partial charge in [0, 0.05) is 12.6 Å². The SMILES string of the molecule is COc1cc(C(C)F)cc(-c2cc(C(=O)O)nn2C)c1OC. The monoisotopic (exact) mass is 308 g/mol. The highest BCUT2D eigenvalue weighted by atomic mass is 19.1. The molecule has 1 unspecified atom stereocenters. The predicted molar refractivity (Wildman–Crippen MR) is 78.2 cm³/mol. The maximum Gasteiger partial charge on any atom is 0.356 e. The van der Waals surface area contributed by atoms with Gasteiger partial charge in [-0.2, -0.15) is 5.10 Å². The molecule has 0 aliphatic heterocycles. The van der Waals surface area contributed by atoms with E-state index in [1.165, 1.54) is 31.9 Å². The highest BCUT2D eigenvalue weighted by Gasteiger charge is 2.21. The van der Waals surface area contributed by atoms with E-state index in [2.05, 4.69) is 5.10 Å². The highest BCUT2D eigenvalue weighted by Crippen LogP contribution is 2.41. The van der Waals surface area contributed by atoms with E-state index in [9.17, 15) is 9.18 Å². The van der Waals surface area contributed by atoms with Crippen LogP contribution in [0.1, 0.15) is 29.1 Å². The Labute approximate surface area is 127 Å². The van der Waals surface area contributed by atoms with Gasteiger partial charge in [-0.25, -0.2) is 9.18 Å². The zero-order valence-corrected chi connectivity index (χ0v) is 12.8. The fourth-order valence-electron chi connectivity index (χ4n) is 2.23. The van der Waals surface area contributed by atoms with Crippen molar-refractivity contribution in [3.05, 3.63) is 29.5 Å². The molecule has 2 rings (SSSR count). The number of nitrogens with zero attached hydrogens (tertiary/aromatic N) is 2. The molecule has 7 heteroatoms. The summed E-state index contributed by atoms with van der Waals surface area (Å²) in [6, 6.07) is 4.57. The molecule has 0 bridgehead atoms. The van der Waals surface area contributed by atoms with E-state index in [1.807, 2.05) is 0 Å². The van der Waals surface area contributed by atoms with Crippen LogP contribution in [-0.4, -0.2) is 35.1 Å². The van der Waals surface area contributed by atoms with E-state index >= 15 is 0 Å². The first-order valence-electron chi connectivity index (χ1n) is 6.56. The summed E-state index contributed by atoms with van der Waals surface area (Å²) in [6.07, 6.45) is -1.20. The fourth-order valence-corrected chi connectivity index (χ4v) is 2.23. The minimum atomic E-state index is -1.20. The molecule has 0 fully saturated rings. The zero-order valence-electron chi connectivity index (χ0n) is 12.8. The Hall–Kier alpha value is -2.57. The minimum absolute atomic E-state index is 0.0998. The van der Waals surface area contributed by atoms with Gasteiger partial charge < -0.3 is 14.6 Å². The Kier molecular flexibility index (Phi) is 4.35. The molecule has 0 spiro atoms. The molecule has 1 heterocycles. The number of carbonyl (C=O) groups is 1. The molecule has 0 aliphatic rings. The third kappa shape index (κ3) is 2.74. The second-order valence-electron chi connectivity index (χ2n) is 4.76. The molecular formula is C15H17FN2O4. The molecule has 0 amide bonds.